The Labute approximate surface area is 145 Å². The predicted octanol–water partition coefficient (Wildman–Crippen LogP) is 2.63. The Balaban J connectivity index is 1.93. The van der Waals surface area contributed by atoms with Gasteiger partial charge < -0.3 is 19.5 Å². The van der Waals surface area contributed by atoms with E-state index in [0.717, 1.165) is 16.9 Å². The van der Waals surface area contributed by atoms with E-state index in [9.17, 15) is 4.79 Å². The highest BCUT2D eigenvalue weighted by Gasteiger charge is 2.22. The Morgan fingerprint density at radius 1 is 0.960 bits per heavy atom. The van der Waals surface area contributed by atoms with Gasteiger partial charge in [0.05, 0.1) is 21.3 Å². The van der Waals surface area contributed by atoms with E-state index < -0.39 is 0 Å². The number of hydrogen-bond acceptors (Lipinski definition) is 5. The summed E-state index contributed by atoms with van der Waals surface area (Å²) in [4.78, 5) is 16.6. The second kappa shape index (κ2) is 7.09. The van der Waals surface area contributed by atoms with E-state index >= 15 is 0 Å². The molecule has 0 spiro atoms. The Kier molecular flexibility index (Phi) is 4.70. The van der Waals surface area contributed by atoms with Crippen molar-refractivity contribution in [2.75, 3.05) is 21.3 Å². The molecule has 128 valence electrons. The summed E-state index contributed by atoms with van der Waals surface area (Å²) in [5, 5.41) is 2.77. The second-order valence-corrected chi connectivity index (χ2v) is 5.29. The molecule has 0 atom stereocenters. The minimum absolute atomic E-state index is 0.257. The molecule has 0 fully saturated rings. The first-order valence-corrected chi connectivity index (χ1v) is 7.63. The molecule has 0 saturated heterocycles. The largest absolute Gasteiger partial charge is 0.497 e. The van der Waals surface area contributed by atoms with Crippen molar-refractivity contribution >= 4 is 17.8 Å². The Bertz CT molecular complexity index is 871. The quantitative estimate of drug-likeness (QED) is 0.851. The van der Waals surface area contributed by atoms with Crippen LogP contribution in [0.3, 0.4) is 0 Å². The van der Waals surface area contributed by atoms with Crippen LogP contribution in [0.1, 0.15) is 11.1 Å². The highest BCUT2D eigenvalue weighted by molar-refractivity contribution is 6.19. The van der Waals surface area contributed by atoms with Crippen LogP contribution in [0, 0.1) is 0 Å². The number of ether oxygens (including phenoxy) is 3. The molecule has 2 aromatic carbocycles. The number of hydrogen-bond donors (Lipinski definition) is 1. The van der Waals surface area contributed by atoms with Crippen molar-refractivity contribution in [1.82, 2.24) is 5.32 Å². The van der Waals surface area contributed by atoms with Crippen molar-refractivity contribution in [3.05, 3.63) is 59.3 Å². The molecular formula is C19H18N2O4. The topological polar surface area (TPSA) is 69.2 Å². The lowest BCUT2D eigenvalue weighted by molar-refractivity contribution is -0.115. The van der Waals surface area contributed by atoms with Gasteiger partial charge in [0.25, 0.3) is 5.91 Å². The van der Waals surface area contributed by atoms with Crippen molar-refractivity contribution in [3.63, 3.8) is 0 Å². The molecule has 6 heteroatoms. The summed E-state index contributed by atoms with van der Waals surface area (Å²) in [6.07, 6.45) is 1.71. The molecule has 25 heavy (non-hydrogen) atoms. The van der Waals surface area contributed by atoms with Crippen LogP contribution in [0.4, 0.5) is 0 Å². The van der Waals surface area contributed by atoms with Crippen molar-refractivity contribution in [2.45, 2.75) is 0 Å². The molecule has 0 radical (unpaired) electrons. The lowest BCUT2D eigenvalue weighted by Gasteiger charge is -2.09. The van der Waals surface area contributed by atoms with Crippen LogP contribution < -0.4 is 19.5 Å². The van der Waals surface area contributed by atoms with Crippen molar-refractivity contribution in [2.24, 2.45) is 4.99 Å². The molecule has 1 amide bonds. The van der Waals surface area contributed by atoms with Gasteiger partial charge in [-0.2, -0.15) is 0 Å². The third kappa shape index (κ3) is 3.47. The van der Waals surface area contributed by atoms with E-state index in [0.29, 0.717) is 23.0 Å². The molecule has 1 N–H and O–H groups in total. The maximum absolute atomic E-state index is 12.2. The first-order chi connectivity index (χ1) is 12.1. The van der Waals surface area contributed by atoms with Gasteiger partial charge in [0.1, 0.15) is 17.3 Å². The number of carbonyl (C=O) groups excluding carboxylic acids is 1. The predicted molar refractivity (Wildman–Crippen MR) is 95.2 cm³/mol. The van der Waals surface area contributed by atoms with Crippen LogP contribution >= 0.6 is 0 Å². The lowest BCUT2D eigenvalue weighted by Crippen LogP contribution is -2.24. The molecular weight excluding hydrogens is 320 g/mol. The number of nitrogens with zero attached hydrogens (tertiary/aromatic N) is 1. The fraction of sp³-hybridized carbons (Fsp3) is 0.158. The molecule has 1 heterocycles. The summed E-state index contributed by atoms with van der Waals surface area (Å²) >= 11 is 0. The third-order valence-electron chi connectivity index (χ3n) is 3.75. The van der Waals surface area contributed by atoms with Gasteiger partial charge in [0.2, 0.25) is 0 Å². The minimum atomic E-state index is -0.257. The van der Waals surface area contributed by atoms with Crippen LogP contribution in [0.15, 0.2) is 53.2 Å². The highest BCUT2D eigenvalue weighted by Crippen LogP contribution is 2.28. The van der Waals surface area contributed by atoms with Crippen LogP contribution in [0.2, 0.25) is 0 Å². The number of rotatable bonds is 5. The van der Waals surface area contributed by atoms with E-state index in [1.807, 2.05) is 30.3 Å². The molecule has 0 aromatic heterocycles. The van der Waals surface area contributed by atoms with Crippen molar-refractivity contribution in [1.29, 1.82) is 0 Å². The van der Waals surface area contributed by atoms with Gasteiger partial charge in [0.15, 0.2) is 11.5 Å². The average Bonchev–Trinajstić information content (AvgIpc) is 3.01. The van der Waals surface area contributed by atoms with Gasteiger partial charge in [-0.15, -0.1) is 0 Å². The summed E-state index contributed by atoms with van der Waals surface area (Å²) in [5.74, 6) is 2.12. The van der Waals surface area contributed by atoms with Crippen LogP contribution in [-0.2, 0) is 4.79 Å². The van der Waals surface area contributed by atoms with Crippen molar-refractivity contribution < 1.29 is 19.0 Å². The highest BCUT2D eigenvalue weighted by atomic mass is 16.5. The molecule has 0 unspecified atom stereocenters. The molecule has 1 aliphatic heterocycles. The van der Waals surface area contributed by atoms with E-state index in [-0.39, 0.29) is 5.91 Å². The molecule has 2 aromatic rings. The number of amidine groups is 1. The number of carbonyl (C=O) groups is 1. The average molecular weight is 338 g/mol. The normalized spacial score (nSPS) is 14.9. The van der Waals surface area contributed by atoms with Crippen molar-refractivity contribution in [3.8, 4) is 17.2 Å². The van der Waals surface area contributed by atoms with E-state index in [1.165, 1.54) is 0 Å². The van der Waals surface area contributed by atoms with Gasteiger partial charge >= 0.3 is 0 Å². The smallest absolute Gasteiger partial charge is 0.275 e. The first kappa shape index (κ1) is 16.6. The van der Waals surface area contributed by atoms with Crippen LogP contribution in [0.5, 0.6) is 17.2 Å². The fourth-order valence-corrected chi connectivity index (χ4v) is 2.48. The van der Waals surface area contributed by atoms with Crippen LogP contribution in [-0.4, -0.2) is 33.1 Å². The van der Waals surface area contributed by atoms with E-state index in [2.05, 4.69) is 10.3 Å². The zero-order valence-electron chi connectivity index (χ0n) is 14.2. The summed E-state index contributed by atoms with van der Waals surface area (Å²) in [5.41, 5.74) is 1.90. The molecule has 0 aliphatic carbocycles. The molecule has 3 rings (SSSR count). The van der Waals surface area contributed by atoms with Gasteiger partial charge in [-0.1, -0.05) is 12.1 Å². The molecule has 6 nitrogen and oxygen atoms in total. The zero-order chi connectivity index (χ0) is 17.8. The minimum Gasteiger partial charge on any atom is -0.497 e. The van der Waals surface area contributed by atoms with Crippen LogP contribution in [0.25, 0.3) is 6.08 Å². The number of methoxy groups -OCH3 is 3. The summed E-state index contributed by atoms with van der Waals surface area (Å²) in [6, 6.07) is 12.8. The fourth-order valence-electron chi connectivity index (χ4n) is 2.48. The SMILES string of the molecule is COc1cccc(/C=C2/N=C(c3ccc(OC)c(OC)c3)NC2=O)c1. The molecule has 0 saturated carbocycles. The van der Waals surface area contributed by atoms with E-state index in [1.54, 1.807) is 39.5 Å². The lowest BCUT2D eigenvalue weighted by atomic mass is 10.2. The monoisotopic (exact) mass is 338 g/mol. The number of aliphatic imine (C=N–C) groups is 1. The van der Waals surface area contributed by atoms with Gasteiger partial charge in [-0.3, -0.25) is 4.79 Å². The number of nitrogens with one attached hydrogen (secondary N) is 1. The van der Waals surface area contributed by atoms with Gasteiger partial charge in [-0.05, 0) is 42.0 Å². The van der Waals surface area contributed by atoms with Gasteiger partial charge in [0, 0.05) is 5.56 Å². The third-order valence-corrected chi connectivity index (χ3v) is 3.75. The first-order valence-electron chi connectivity index (χ1n) is 7.63. The maximum atomic E-state index is 12.2. The Morgan fingerprint density at radius 3 is 2.48 bits per heavy atom. The second-order valence-electron chi connectivity index (χ2n) is 5.29. The Morgan fingerprint density at radius 2 is 1.76 bits per heavy atom. The maximum Gasteiger partial charge on any atom is 0.275 e. The summed E-state index contributed by atoms with van der Waals surface area (Å²) in [6.45, 7) is 0. The zero-order valence-corrected chi connectivity index (χ0v) is 14.2. The number of benzene rings is 2. The molecule has 1 aliphatic rings. The summed E-state index contributed by atoms with van der Waals surface area (Å²) < 4.78 is 15.7. The van der Waals surface area contributed by atoms with E-state index in [4.69, 9.17) is 14.2 Å². The molecule has 0 bridgehead atoms. The standard InChI is InChI=1S/C19H18N2O4/c1-23-14-6-4-5-12(9-14)10-15-19(22)21-18(20-15)13-7-8-16(24-2)17(11-13)25-3/h4-11H,1-3H3,(H,20,21,22)/b15-10+. The summed E-state index contributed by atoms with van der Waals surface area (Å²) in [7, 11) is 4.73. The van der Waals surface area contributed by atoms with Gasteiger partial charge in [-0.25, -0.2) is 4.99 Å². The number of amides is 1. The Hall–Kier alpha value is -3.28.